The van der Waals surface area contributed by atoms with Crippen LogP contribution in [0.1, 0.15) is 36.2 Å². The summed E-state index contributed by atoms with van der Waals surface area (Å²) < 4.78 is 0. The quantitative estimate of drug-likeness (QED) is 0.894. The van der Waals surface area contributed by atoms with Crippen LogP contribution in [0.3, 0.4) is 0 Å². The molecule has 0 bridgehead atoms. The van der Waals surface area contributed by atoms with Crippen molar-refractivity contribution in [2.75, 3.05) is 14.1 Å². The van der Waals surface area contributed by atoms with Crippen molar-refractivity contribution in [3.8, 4) is 0 Å². The number of rotatable bonds is 5. The average Bonchev–Trinajstić information content (AvgIpc) is 2.54. The molecule has 3 nitrogen and oxygen atoms in total. The fraction of sp³-hybridized carbons (Fsp3) is 0.286. The molecule has 0 radical (unpaired) electrons. The van der Waals surface area contributed by atoms with E-state index >= 15 is 0 Å². The first-order valence-corrected chi connectivity index (χ1v) is 8.13. The van der Waals surface area contributed by atoms with Gasteiger partial charge in [0.15, 0.2) is 0 Å². The summed E-state index contributed by atoms with van der Waals surface area (Å²) >= 11 is 0. The number of benzene rings is 1. The molecule has 0 saturated carbocycles. The minimum absolute atomic E-state index is 0.667. The summed E-state index contributed by atoms with van der Waals surface area (Å²) in [7, 11) is 3.97. The molecular formula is C21H29N3. The van der Waals surface area contributed by atoms with Crippen LogP contribution in [0.15, 0.2) is 61.4 Å². The third kappa shape index (κ3) is 6.69. The molecule has 1 aromatic carbocycles. The number of aromatic nitrogens is 1. The number of nitrogens with zero attached hydrogens (tertiary/aromatic N) is 2. The molecular weight excluding hydrogens is 294 g/mol. The largest absolute Gasteiger partial charge is 0.403 e. The molecule has 1 heterocycles. The number of allylic oxidation sites excluding steroid dienone is 1. The van der Waals surface area contributed by atoms with Crippen molar-refractivity contribution in [3.05, 3.63) is 83.8 Å². The molecule has 24 heavy (non-hydrogen) atoms. The van der Waals surface area contributed by atoms with E-state index in [4.69, 9.17) is 5.73 Å². The van der Waals surface area contributed by atoms with Crippen molar-refractivity contribution in [1.29, 1.82) is 0 Å². The first-order valence-electron chi connectivity index (χ1n) is 8.13. The molecule has 1 aromatic heterocycles. The van der Waals surface area contributed by atoms with Gasteiger partial charge in [0.2, 0.25) is 0 Å². The number of aryl methyl sites for hydroxylation is 1. The van der Waals surface area contributed by atoms with E-state index in [1.807, 2.05) is 25.2 Å². The lowest BCUT2D eigenvalue weighted by atomic mass is 10.0. The second-order valence-corrected chi connectivity index (χ2v) is 6.08. The van der Waals surface area contributed by atoms with Gasteiger partial charge in [0, 0.05) is 20.3 Å². The molecule has 3 heteroatoms. The van der Waals surface area contributed by atoms with E-state index in [0.717, 1.165) is 24.2 Å². The predicted molar refractivity (Wildman–Crippen MR) is 105 cm³/mol. The van der Waals surface area contributed by atoms with Crippen LogP contribution in [-0.4, -0.2) is 24.0 Å². The third-order valence-corrected chi connectivity index (χ3v) is 3.50. The summed E-state index contributed by atoms with van der Waals surface area (Å²) in [5.74, 6) is 0. The molecule has 0 aliphatic rings. The zero-order valence-corrected chi connectivity index (χ0v) is 15.3. The van der Waals surface area contributed by atoms with Crippen LogP contribution in [0.5, 0.6) is 0 Å². The van der Waals surface area contributed by atoms with Gasteiger partial charge in [-0.15, -0.1) is 0 Å². The maximum atomic E-state index is 4.92. The van der Waals surface area contributed by atoms with E-state index in [-0.39, 0.29) is 0 Å². The van der Waals surface area contributed by atoms with Gasteiger partial charge in [-0.3, -0.25) is 4.98 Å². The van der Waals surface area contributed by atoms with Gasteiger partial charge in [-0.1, -0.05) is 44.3 Å². The molecule has 0 aliphatic carbocycles. The van der Waals surface area contributed by atoms with E-state index in [2.05, 4.69) is 61.5 Å². The van der Waals surface area contributed by atoms with Crippen molar-refractivity contribution >= 4 is 5.70 Å². The fourth-order valence-corrected chi connectivity index (χ4v) is 2.10. The number of hydrogen-bond donors (Lipinski definition) is 1. The molecule has 0 aliphatic heterocycles. The van der Waals surface area contributed by atoms with E-state index < -0.39 is 0 Å². The van der Waals surface area contributed by atoms with Crippen molar-refractivity contribution in [1.82, 2.24) is 9.88 Å². The molecule has 0 fully saturated rings. The first kappa shape index (κ1) is 19.5. The Balaban J connectivity index is 0.000000648. The highest BCUT2D eigenvalue weighted by Crippen LogP contribution is 2.16. The minimum atomic E-state index is 0.667. The minimum Gasteiger partial charge on any atom is -0.403 e. The second kappa shape index (κ2) is 9.56. The average molecular weight is 323 g/mol. The monoisotopic (exact) mass is 323 g/mol. The Bertz CT molecular complexity index is 666. The topological polar surface area (TPSA) is 42.1 Å². The fourth-order valence-electron chi connectivity index (χ4n) is 2.10. The molecule has 0 unspecified atom stereocenters. The lowest BCUT2D eigenvalue weighted by molar-refractivity contribution is 0.590. The highest BCUT2D eigenvalue weighted by molar-refractivity contribution is 5.58. The van der Waals surface area contributed by atoms with Crippen LogP contribution in [-0.2, 0) is 12.8 Å². The predicted octanol–water partition coefficient (Wildman–Crippen LogP) is 4.25. The third-order valence-electron chi connectivity index (χ3n) is 3.50. The van der Waals surface area contributed by atoms with Crippen molar-refractivity contribution < 1.29 is 0 Å². The van der Waals surface area contributed by atoms with Crippen LogP contribution >= 0.6 is 0 Å². The summed E-state index contributed by atoms with van der Waals surface area (Å²) in [6.07, 6.45) is 3.88. The van der Waals surface area contributed by atoms with E-state index in [1.165, 1.54) is 16.7 Å². The smallest absolute Gasteiger partial charge is 0.0859 e. The maximum absolute atomic E-state index is 4.92. The van der Waals surface area contributed by atoms with Crippen LogP contribution < -0.4 is 5.73 Å². The molecule has 0 spiro atoms. The van der Waals surface area contributed by atoms with Crippen molar-refractivity contribution in [2.45, 2.75) is 26.7 Å². The van der Waals surface area contributed by atoms with Gasteiger partial charge in [0.05, 0.1) is 11.4 Å². The van der Waals surface area contributed by atoms with Crippen LogP contribution in [0.2, 0.25) is 0 Å². The normalized spacial score (nSPS) is 9.67. The van der Waals surface area contributed by atoms with Crippen LogP contribution in [0.4, 0.5) is 0 Å². The van der Waals surface area contributed by atoms with Gasteiger partial charge in [-0.2, -0.15) is 0 Å². The maximum Gasteiger partial charge on any atom is 0.0859 e. The van der Waals surface area contributed by atoms with Gasteiger partial charge < -0.3 is 10.6 Å². The van der Waals surface area contributed by atoms with Gasteiger partial charge >= 0.3 is 0 Å². The molecule has 128 valence electrons. The Hall–Kier alpha value is -2.55. The van der Waals surface area contributed by atoms with Gasteiger partial charge in [-0.25, -0.2) is 0 Å². The molecule has 2 aromatic rings. The number of hydrogen-bond acceptors (Lipinski definition) is 3. The SMILES string of the molecule is C=C(C)N.C=C(c1cc(Cc2ccc(CC)cc2)ccn1)N(C)C. The zero-order valence-electron chi connectivity index (χ0n) is 15.3. The summed E-state index contributed by atoms with van der Waals surface area (Å²) in [6.45, 7) is 11.3. The molecule has 2 rings (SSSR count). The van der Waals surface area contributed by atoms with Crippen molar-refractivity contribution in [2.24, 2.45) is 5.73 Å². The standard InChI is InChI=1S/C18H22N2.C3H7N/c1-5-15-6-8-16(9-7-15)12-17-10-11-19-18(13-17)14(2)20(3)4;1-3(2)4/h6-11,13H,2,5,12H2,1,3-4H3;1,4H2,2H3. The Kier molecular flexibility index (Phi) is 7.76. The lowest BCUT2D eigenvalue weighted by Crippen LogP contribution is -2.10. The Labute approximate surface area is 146 Å². The van der Waals surface area contributed by atoms with E-state index in [9.17, 15) is 0 Å². The molecule has 0 atom stereocenters. The summed E-state index contributed by atoms with van der Waals surface area (Å²) in [5.41, 5.74) is 11.4. The second-order valence-electron chi connectivity index (χ2n) is 6.08. The first-order chi connectivity index (χ1) is 11.3. The number of nitrogens with two attached hydrogens (primary N) is 1. The van der Waals surface area contributed by atoms with E-state index in [1.54, 1.807) is 6.92 Å². The number of pyridine rings is 1. The summed E-state index contributed by atoms with van der Waals surface area (Å²) in [5, 5.41) is 0. The van der Waals surface area contributed by atoms with Gasteiger partial charge in [-0.05, 0) is 54.3 Å². The van der Waals surface area contributed by atoms with Gasteiger partial charge in [0.1, 0.15) is 0 Å². The Morgan fingerprint density at radius 2 is 1.58 bits per heavy atom. The lowest BCUT2D eigenvalue weighted by Gasteiger charge is -2.15. The van der Waals surface area contributed by atoms with E-state index in [0.29, 0.717) is 5.70 Å². The highest BCUT2D eigenvalue weighted by atomic mass is 15.1. The van der Waals surface area contributed by atoms with Gasteiger partial charge in [0.25, 0.3) is 0 Å². The summed E-state index contributed by atoms with van der Waals surface area (Å²) in [6, 6.07) is 13.0. The van der Waals surface area contributed by atoms with Crippen LogP contribution in [0.25, 0.3) is 5.70 Å². The molecule has 0 amide bonds. The summed E-state index contributed by atoms with van der Waals surface area (Å²) in [4.78, 5) is 6.38. The Morgan fingerprint density at radius 3 is 2.08 bits per heavy atom. The van der Waals surface area contributed by atoms with Crippen molar-refractivity contribution in [3.63, 3.8) is 0 Å². The molecule has 0 saturated heterocycles. The Morgan fingerprint density at radius 1 is 1.04 bits per heavy atom. The van der Waals surface area contributed by atoms with Crippen LogP contribution in [0, 0.1) is 0 Å². The molecule has 2 N–H and O–H groups in total. The zero-order chi connectivity index (χ0) is 18.1. The highest BCUT2D eigenvalue weighted by Gasteiger charge is 2.04.